The summed E-state index contributed by atoms with van der Waals surface area (Å²) in [5.41, 5.74) is 2.19. The molecule has 26 heavy (non-hydrogen) atoms. The lowest BCUT2D eigenvalue weighted by Gasteiger charge is -2.35. The smallest absolute Gasteiger partial charge is 0.319 e. The van der Waals surface area contributed by atoms with E-state index in [-0.39, 0.29) is 12.1 Å². The number of urea groups is 1. The van der Waals surface area contributed by atoms with Gasteiger partial charge in [0.15, 0.2) is 0 Å². The van der Waals surface area contributed by atoms with Gasteiger partial charge >= 0.3 is 6.03 Å². The molecule has 1 saturated carbocycles. The second-order valence-corrected chi connectivity index (χ2v) is 8.15. The Balaban J connectivity index is 1.23. The summed E-state index contributed by atoms with van der Waals surface area (Å²) in [6.07, 6.45) is 7.57. The molecule has 3 aliphatic rings. The molecule has 2 saturated heterocycles. The molecule has 2 aliphatic heterocycles. The minimum absolute atomic E-state index is 0.101. The van der Waals surface area contributed by atoms with Gasteiger partial charge in [0.05, 0.1) is 12.7 Å². The molecular weight excluding hydrogens is 326 g/mol. The van der Waals surface area contributed by atoms with Crippen molar-refractivity contribution in [2.45, 2.75) is 63.6 Å². The molecule has 0 aromatic heterocycles. The summed E-state index contributed by atoms with van der Waals surface area (Å²) in [5, 5.41) is 6.12. The molecule has 2 amide bonds. The topological polar surface area (TPSA) is 53.6 Å². The van der Waals surface area contributed by atoms with Crippen molar-refractivity contribution in [2.75, 3.05) is 25.0 Å². The zero-order chi connectivity index (χ0) is 17.9. The van der Waals surface area contributed by atoms with Gasteiger partial charge in [0.1, 0.15) is 0 Å². The first-order valence-electron chi connectivity index (χ1n) is 10.2. The molecule has 2 N–H and O–H groups in total. The Labute approximate surface area is 156 Å². The van der Waals surface area contributed by atoms with Crippen molar-refractivity contribution in [3.8, 4) is 0 Å². The predicted octanol–water partition coefficient (Wildman–Crippen LogP) is 3.40. The van der Waals surface area contributed by atoms with E-state index in [4.69, 9.17) is 4.74 Å². The summed E-state index contributed by atoms with van der Waals surface area (Å²) < 4.78 is 6.03. The summed E-state index contributed by atoms with van der Waals surface area (Å²) in [5.74, 6) is 0.784. The number of benzene rings is 1. The number of amides is 2. The van der Waals surface area contributed by atoms with Crippen LogP contribution in [0.3, 0.4) is 0 Å². The van der Waals surface area contributed by atoms with Crippen molar-refractivity contribution < 1.29 is 9.53 Å². The van der Waals surface area contributed by atoms with Gasteiger partial charge in [0.2, 0.25) is 0 Å². The average molecular weight is 357 g/mol. The van der Waals surface area contributed by atoms with Crippen LogP contribution in [0.2, 0.25) is 0 Å². The quantitative estimate of drug-likeness (QED) is 0.820. The molecule has 0 spiro atoms. The van der Waals surface area contributed by atoms with Crippen LogP contribution in [0.25, 0.3) is 0 Å². The summed E-state index contributed by atoms with van der Waals surface area (Å²) in [7, 11) is 0. The van der Waals surface area contributed by atoms with Gasteiger partial charge < -0.3 is 15.4 Å². The number of carbonyl (C=O) groups excluding carboxylic acids is 1. The number of anilines is 1. The van der Waals surface area contributed by atoms with E-state index < -0.39 is 0 Å². The third kappa shape index (κ3) is 4.38. The van der Waals surface area contributed by atoms with E-state index in [1.165, 1.54) is 31.2 Å². The van der Waals surface area contributed by atoms with Crippen LogP contribution in [0.5, 0.6) is 0 Å². The van der Waals surface area contributed by atoms with Crippen LogP contribution in [0.15, 0.2) is 24.3 Å². The van der Waals surface area contributed by atoms with Gasteiger partial charge in [-0.1, -0.05) is 25.5 Å². The maximum atomic E-state index is 12.3. The first-order chi connectivity index (χ1) is 12.7. The van der Waals surface area contributed by atoms with E-state index in [1.54, 1.807) is 0 Å². The summed E-state index contributed by atoms with van der Waals surface area (Å²) >= 11 is 0. The molecule has 0 radical (unpaired) electrons. The van der Waals surface area contributed by atoms with Gasteiger partial charge in [-0.25, -0.2) is 4.79 Å². The number of fused-ring (bicyclic) bond motifs is 1. The maximum Gasteiger partial charge on any atom is 0.319 e. The molecule has 3 atom stereocenters. The summed E-state index contributed by atoms with van der Waals surface area (Å²) in [6, 6.07) is 8.79. The minimum atomic E-state index is -0.101. The van der Waals surface area contributed by atoms with E-state index in [9.17, 15) is 4.79 Å². The molecule has 3 fully saturated rings. The monoisotopic (exact) mass is 357 g/mol. The van der Waals surface area contributed by atoms with E-state index >= 15 is 0 Å². The molecule has 5 heteroatoms. The second-order valence-electron chi connectivity index (χ2n) is 8.15. The fourth-order valence-corrected chi connectivity index (χ4v) is 4.25. The molecule has 0 unspecified atom stereocenters. The van der Waals surface area contributed by atoms with Crippen LogP contribution < -0.4 is 10.6 Å². The number of rotatable bonds is 6. The molecular formula is C21H31N3O2. The van der Waals surface area contributed by atoms with Crippen LogP contribution in [0, 0.1) is 5.92 Å². The van der Waals surface area contributed by atoms with Crippen LogP contribution in [-0.2, 0) is 11.2 Å². The molecule has 1 aromatic rings. The highest BCUT2D eigenvalue weighted by atomic mass is 16.5. The number of morpholine rings is 1. The average Bonchev–Trinajstić information content (AvgIpc) is 3.41. The number of nitrogens with one attached hydrogen (secondary N) is 2. The molecule has 0 bridgehead atoms. The largest absolute Gasteiger partial charge is 0.375 e. The Morgan fingerprint density at radius 1 is 1.23 bits per heavy atom. The SMILES string of the molecule is CCCCc1ccc(NC(=O)N[C@H]2C[C@H]3CO[C@H](C4CC4)CN3C2)cc1. The Bertz CT molecular complexity index is 614. The van der Waals surface area contributed by atoms with Crippen molar-refractivity contribution in [1.82, 2.24) is 10.2 Å². The number of hydrogen-bond donors (Lipinski definition) is 2. The zero-order valence-corrected chi connectivity index (χ0v) is 15.7. The van der Waals surface area contributed by atoms with Crippen molar-refractivity contribution in [2.24, 2.45) is 5.92 Å². The summed E-state index contributed by atoms with van der Waals surface area (Å²) in [4.78, 5) is 14.9. The van der Waals surface area contributed by atoms with Crippen LogP contribution >= 0.6 is 0 Å². The Morgan fingerprint density at radius 2 is 2.04 bits per heavy atom. The zero-order valence-electron chi connectivity index (χ0n) is 15.7. The lowest BCUT2D eigenvalue weighted by atomic mass is 10.1. The van der Waals surface area contributed by atoms with Crippen LogP contribution in [0.1, 0.15) is 44.6 Å². The minimum Gasteiger partial charge on any atom is -0.375 e. The third-order valence-corrected chi connectivity index (χ3v) is 5.96. The maximum absolute atomic E-state index is 12.3. The standard InChI is InChI=1S/C21H31N3O2/c1-2-3-4-15-5-9-17(10-6-15)22-21(25)23-18-11-19-14-26-20(16-7-8-16)13-24(19)12-18/h5-6,9-10,16,18-20H,2-4,7-8,11-14H2,1H3,(H2,22,23,25)/t18-,19-,20-/m0/s1. The number of carbonyl (C=O) groups is 1. The lowest BCUT2D eigenvalue weighted by Crippen LogP contribution is -2.47. The predicted molar refractivity (Wildman–Crippen MR) is 103 cm³/mol. The molecule has 5 nitrogen and oxygen atoms in total. The van der Waals surface area contributed by atoms with Crippen molar-refractivity contribution in [3.05, 3.63) is 29.8 Å². The summed E-state index contributed by atoms with van der Waals surface area (Å²) in [6.45, 7) is 5.00. The van der Waals surface area contributed by atoms with Crippen LogP contribution in [0.4, 0.5) is 10.5 Å². The highest BCUT2D eigenvalue weighted by molar-refractivity contribution is 5.89. The Hall–Kier alpha value is -1.59. The normalized spacial score (nSPS) is 28.6. The second kappa shape index (κ2) is 7.97. The van der Waals surface area contributed by atoms with Gasteiger partial charge in [-0.15, -0.1) is 0 Å². The lowest BCUT2D eigenvalue weighted by molar-refractivity contribution is -0.0581. The first-order valence-corrected chi connectivity index (χ1v) is 10.2. The molecule has 1 aromatic carbocycles. The van der Waals surface area contributed by atoms with E-state index in [0.717, 1.165) is 44.1 Å². The van der Waals surface area contributed by atoms with Gasteiger partial charge in [-0.05, 0) is 55.7 Å². The van der Waals surface area contributed by atoms with Crippen molar-refractivity contribution in [1.29, 1.82) is 0 Å². The number of unbranched alkanes of at least 4 members (excludes halogenated alkanes) is 1. The van der Waals surface area contributed by atoms with E-state index in [0.29, 0.717) is 12.1 Å². The fraction of sp³-hybridized carbons (Fsp3) is 0.667. The van der Waals surface area contributed by atoms with E-state index in [2.05, 4.69) is 34.6 Å². The van der Waals surface area contributed by atoms with Gasteiger partial charge in [0, 0.05) is 30.9 Å². The molecule has 4 rings (SSSR count). The van der Waals surface area contributed by atoms with Crippen molar-refractivity contribution in [3.63, 3.8) is 0 Å². The van der Waals surface area contributed by atoms with Crippen LogP contribution in [-0.4, -0.2) is 48.8 Å². The highest BCUT2D eigenvalue weighted by Gasteiger charge is 2.42. The van der Waals surface area contributed by atoms with E-state index in [1.807, 2.05) is 12.1 Å². The first kappa shape index (κ1) is 17.8. The van der Waals surface area contributed by atoms with Gasteiger partial charge in [0.25, 0.3) is 0 Å². The highest BCUT2D eigenvalue weighted by Crippen LogP contribution is 2.37. The number of nitrogens with zero attached hydrogens (tertiary/aromatic N) is 1. The molecule has 142 valence electrons. The fourth-order valence-electron chi connectivity index (χ4n) is 4.25. The molecule has 1 aliphatic carbocycles. The third-order valence-electron chi connectivity index (χ3n) is 5.96. The Morgan fingerprint density at radius 3 is 2.77 bits per heavy atom. The molecule has 2 heterocycles. The number of ether oxygens (including phenoxy) is 1. The Kier molecular flexibility index (Phi) is 5.46. The van der Waals surface area contributed by atoms with Gasteiger partial charge in [-0.3, -0.25) is 4.90 Å². The number of aryl methyl sites for hydroxylation is 1. The number of hydrogen-bond acceptors (Lipinski definition) is 3. The van der Waals surface area contributed by atoms with Crippen molar-refractivity contribution >= 4 is 11.7 Å². The van der Waals surface area contributed by atoms with Gasteiger partial charge in [-0.2, -0.15) is 0 Å².